The lowest BCUT2D eigenvalue weighted by Gasteiger charge is -2.39. The first kappa shape index (κ1) is 47.5. The van der Waals surface area contributed by atoms with Gasteiger partial charge in [0, 0.05) is 134 Å². The van der Waals surface area contributed by atoms with Gasteiger partial charge in [0.1, 0.15) is 0 Å². The Kier molecular flexibility index (Phi) is 13.4. The number of esters is 4. The fourth-order valence-electron chi connectivity index (χ4n) is 8.84. The van der Waals surface area contributed by atoms with Crippen LogP contribution < -0.4 is 10.7 Å². The molecule has 7 aliphatic rings. The number of fused-ring (bicyclic) bond motifs is 6. The number of rotatable bonds is 12. The second-order valence-corrected chi connectivity index (χ2v) is 18.3. The predicted molar refractivity (Wildman–Crippen MR) is 266 cm³/mol. The number of hydrogen-bond donors (Lipinski definition) is 2. The van der Waals surface area contributed by atoms with Crippen LogP contribution in [-0.4, -0.2) is 123 Å². The van der Waals surface area contributed by atoms with Crippen LogP contribution in [0.3, 0.4) is 0 Å². The molecule has 0 saturated carbocycles. The van der Waals surface area contributed by atoms with Gasteiger partial charge in [-0.2, -0.15) is 0 Å². The summed E-state index contributed by atoms with van der Waals surface area (Å²) in [6, 6.07) is 7.76. The lowest BCUT2D eigenvalue weighted by atomic mass is 9.86. The van der Waals surface area contributed by atoms with Crippen molar-refractivity contribution in [3.63, 3.8) is 0 Å². The van der Waals surface area contributed by atoms with E-state index >= 15 is 0 Å². The smallest absolute Gasteiger partial charge is 0.304 e. The lowest BCUT2D eigenvalue weighted by Crippen LogP contribution is -2.43. The Morgan fingerprint density at radius 3 is 1.54 bits per heavy atom. The van der Waals surface area contributed by atoms with Gasteiger partial charge >= 0.3 is 23.9 Å². The molecule has 70 heavy (non-hydrogen) atoms. The van der Waals surface area contributed by atoms with Crippen molar-refractivity contribution < 1.29 is 38.1 Å². The summed E-state index contributed by atoms with van der Waals surface area (Å²) < 4.78 is 21.6. The van der Waals surface area contributed by atoms with Gasteiger partial charge in [0.05, 0.1) is 17.1 Å². The highest BCUT2D eigenvalue weighted by Crippen LogP contribution is 2.54. The minimum Gasteiger partial charge on any atom is -0.444 e. The van der Waals surface area contributed by atoms with Gasteiger partial charge in [0.15, 0.2) is 36.8 Å². The number of nitrogens with zero attached hydrogens (tertiary/aromatic N) is 6. The van der Waals surface area contributed by atoms with Gasteiger partial charge < -0.3 is 48.5 Å². The molecule has 0 saturated heterocycles. The Balaban J connectivity index is 1.33. The standard InChI is InChI=1S/C52H50Cl2N8O8/c1-33(63)67-29-59-21-5-9-37(25-59)48-41-13-14-43(55-41)49(38-10-6-22-60(26-38)30-68-34(2)64)45-17-18-47(57-45)52(54,40-12-8-24-62(28-40)32-70-36(4)66)51(53)20-19-46(58-51)50(44-16-15-42(48)56-44)39-11-7-23-61(27-39)31-69-35(3)65/h5-20,25-28,56-57H,21-24,29-32H2,1-4H3. The van der Waals surface area contributed by atoms with Gasteiger partial charge in [-0.3, -0.25) is 24.2 Å². The van der Waals surface area contributed by atoms with Crippen LogP contribution >= 0.6 is 23.2 Å². The van der Waals surface area contributed by atoms with Crippen LogP contribution in [0.4, 0.5) is 0 Å². The van der Waals surface area contributed by atoms with E-state index in [1.54, 1.807) is 6.08 Å². The first-order valence-electron chi connectivity index (χ1n) is 22.5. The molecule has 9 heterocycles. The van der Waals surface area contributed by atoms with E-state index in [9.17, 15) is 19.2 Å². The Bertz CT molecular complexity index is 3100. The summed E-state index contributed by atoms with van der Waals surface area (Å²) in [5.74, 6) is -1.63. The van der Waals surface area contributed by atoms with E-state index < -0.39 is 33.7 Å². The summed E-state index contributed by atoms with van der Waals surface area (Å²) in [7, 11) is 0. The molecule has 8 bridgehead atoms. The molecule has 2 N–H and O–H groups in total. The molecule has 2 unspecified atom stereocenters. The van der Waals surface area contributed by atoms with Crippen LogP contribution in [0.15, 0.2) is 160 Å². The van der Waals surface area contributed by atoms with Crippen LogP contribution in [0.1, 0.15) is 39.1 Å². The molecule has 0 aromatic carbocycles. The highest BCUT2D eigenvalue weighted by atomic mass is 35.5. The van der Waals surface area contributed by atoms with E-state index in [0.717, 1.165) is 27.6 Å². The van der Waals surface area contributed by atoms with Gasteiger partial charge in [-0.1, -0.05) is 60.2 Å². The highest BCUT2D eigenvalue weighted by molar-refractivity contribution is 6.41. The highest BCUT2D eigenvalue weighted by Gasteiger charge is 2.55. The average molecular weight is 986 g/mol. The van der Waals surface area contributed by atoms with Gasteiger partial charge in [0.25, 0.3) is 0 Å². The lowest BCUT2D eigenvalue weighted by molar-refractivity contribution is -0.145. The van der Waals surface area contributed by atoms with Crippen molar-refractivity contribution in [2.45, 2.75) is 37.6 Å². The molecule has 2 aromatic heterocycles. The van der Waals surface area contributed by atoms with Crippen LogP contribution in [0.5, 0.6) is 0 Å². The Labute approximate surface area is 413 Å². The number of H-pyrrole nitrogens is 2. The number of allylic oxidation sites excluding steroid dienone is 11. The van der Waals surface area contributed by atoms with E-state index in [2.05, 4.69) is 9.97 Å². The number of aromatic nitrogens is 2. The fraction of sp³-hybridized carbons (Fsp3) is 0.269. The molecule has 0 amide bonds. The summed E-state index contributed by atoms with van der Waals surface area (Å²) in [5, 5.41) is 1.40. The summed E-state index contributed by atoms with van der Waals surface area (Å²) >= 11 is 16.1. The second-order valence-electron chi connectivity index (χ2n) is 17.2. The van der Waals surface area contributed by atoms with Crippen molar-refractivity contribution in [1.82, 2.24) is 29.6 Å². The zero-order chi connectivity index (χ0) is 49.2. The van der Waals surface area contributed by atoms with E-state index in [0.29, 0.717) is 76.8 Å². The molecule has 360 valence electrons. The summed E-state index contributed by atoms with van der Waals surface area (Å²) in [6.07, 6.45) is 31.0. The summed E-state index contributed by atoms with van der Waals surface area (Å²) in [6.45, 7) is 7.53. The Morgan fingerprint density at radius 2 is 1.03 bits per heavy atom. The minimum atomic E-state index is -1.68. The van der Waals surface area contributed by atoms with Crippen molar-refractivity contribution in [3.05, 3.63) is 172 Å². The molecular formula is C52H50Cl2N8O8. The third-order valence-corrected chi connectivity index (χ3v) is 13.3. The number of halogens is 2. The molecule has 2 aromatic rings. The summed E-state index contributed by atoms with van der Waals surface area (Å²) in [5.41, 5.74) is 7.96. The van der Waals surface area contributed by atoms with E-state index in [1.165, 1.54) is 27.7 Å². The number of carbonyl (C=O) groups excluding carboxylic acids is 4. The number of hydrogen-bond acceptors (Lipinski definition) is 14. The molecule has 7 aliphatic heterocycles. The van der Waals surface area contributed by atoms with Crippen LogP contribution in [0.2, 0.25) is 0 Å². The molecule has 16 nitrogen and oxygen atoms in total. The van der Waals surface area contributed by atoms with Crippen molar-refractivity contribution in [1.29, 1.82) is 0 Å². The maximum atomic E-state index is 12.0. The fourth-order valence-corrected chi connectivity index (χ4v) is 9.54. The average Bonchev–Trinajstić information content (AvgIpc) is 4.19. The van der Waals surface area contributed by atoms with Crippen LogP contribution in [-0.2, 0) is 43.0 Å². The molecule has 0 radical (unpaired) electrons. The molecule has 0 fully saturated rings. The zero-order valence-corrected chi connectivity index (χ0v) is 40.4. The van der Waals surface area contributed by atoms with Crippen molar-refractivity contribution in [3.8, 4) is 0 Å². The maximum Gasteiger partial charge on any atom is 0.304 e. The topological polar surface area (TPSA) is 174 Å². The summed E-state index contributed by atoms with van der Waals surface area (Å²) in [4.78, 5) is 70.0. The van der Waals surface area contributed by atoms with Gasteiger partial charge in [-0.05, 0) is 54.1 Å². The number of alkyl halides is 2. The Morgan fingerprint density at radius 1 is 0.557 bits per heavy atom. The SMILES string of the molecule is CC(=O)OCN1C=C(C2=C3C=CC(=N3)C(C3=CN(COC(C)=O)CC=C3)=c3ccc([nH]3)=C(C3=CN(COC(C)=O)CC=C3)C3=NC(Cl)(C=C3)C(Cl)(C3=CN(COC(C)=O)CC=C3)c3ccc2[nH]3)C=CC1. The largest absolute Gasteiger partial charge is 0.444 e. The second kappa shape index (κ2) is 19.8. The number of ether oxygens (including phenoxy) is 4. The number of carbonyl (C=O) groups is 4. The van der Waals surface area contributed by atoms with E-state index in [1.807, 2.05) is 136 Å². The van der Waals surface area contributed by atoms with Crippen LogP contribution in [0.25, 0.3) is 16.7 Å². The molecule has 2 atom stereocenters. The zero-order valence-electron chi connectivity index (χ0n) is 38.9. The van der Waals surface area contributed by atoms with Gasteiger partial charge in [-0.15, -0.1) is 11.6 Å². The normalized spacial score (nSPS) is 22.4. The third-order valence-electron chi connectivity index (χ3n) is 12.0. The molecule has 9 rings (SSSR count). The number of aliphatic imine (C=N–C) groups is 2. The monoisotopic (exact) mass is 984 g/mol. The Hall–Kier alpha value is -7.56. The molecule has 18 heteroatoms. The van der Waals surface area contributed by atoms with Crippen molar-refractivity contribution in [2.24, 2.45) is 9.98 Å². The molecular weight excluding hydrogens is 936 g/mol. The molecule has 0 spiro atoms. The third kappa shape index (κ3) is 9.82. The van der Waals surface area contributed by atoms with Crippen molar-refractivity contribution >= 4 is 75.2 Å². The molecule has 0 aliphatic carbocycles. The van der Waals surface area contributed by atoms with E-state index in [-0.39, 0.29) is 26.9 Å². The minimum absolute atomic E-state index is 0.0215. The van der Waals surface area contributed by atoms with Crippen molar-refractivity contribution in [2.75, 3.05) is 53.1 Å². The predicted octanol–water partition coefficient (Wildman–Crippen LogP) is 5.57. The first-order chi connectivity index (χ1) is 33.7. The number of aromatic amines is 2. The number of nitrogens with one attached hydrogen (secondary N) is 2. The first-order valence-corrected chi connectivity index (χ1v) is 23.3. The quantitative estimate of drug-likeness (QED) is 0.118. The maximum absolute atomic E-state index is 12.0. The van der Waals surface area contributed by atoms with Gasteiger partial charge in [-0.25, -0.2) is 4.99 Å². The van der Waals surface area contributed by atoms with Gasteiger partial charge in [0.2, 0.25) is 0 Å². The van der Waals surface area contributed by atoms with Crippen LogP contribution in [0, 0.1) is 0 Å². The van der Waals surface area contributed by atoms with E-state index in [4.69, 9.17) is 52.1 Å².